The molecule has 0 spiro atoms. The van der Waals surface area contributed by atoms with Crippen molar-refractivity contribution in [1.82, 2.24) is 20.2 Å². The molecule has 0 aromatic carbocycles. The molecule has 2 aliphatic rings. The molecule has 132 valence electrons. The Kier molecular flexibility index (Phi) is 5.98. The fourth-order valence-corrected chi connectivity index (χ4v) is 3.37. The predicted molar refractivity (Wildman–Crippen MR) is 92.2 cm³/mol. The van der Waals surface area contributed by atoms with Crippen molar-refractivity contribution in [3.63, 3.8) is 0 Å². The summed E-state index contributed by atoms with van der Waals surface area (Å²) < 4.78 is 5.32. The molecule has 2 aliphatic heterocycles. The number of rotatable bonds is 5. The zero-order valence-corrected chi connectivity index (χ0v) is 14.4. The Bertz CT molecular complexity index is 530. The number of ether oxygens (including phenoxy) is 1. The lowest BCUT2D eigenvalue weighted by Gasteiger charge is -2.29. The smallest absolute Gasteiger partial charge is 0.254 e. The van der Waals surface area contributed by atoms with Crippen LogP contribution in [0.1, 0.15) is 29.6 Å². The number of carbonyl (C=O) groups is 1. The number of hydrogen-bond donors (Lipinski definition) is 1. The summed E-state index contributed by atoms with van der Waals surface area (Å²) in [5.41, 5.74) is 0.521. The molecule has 1 aromatic rings. The van der Waals surface area contributed by atoms with Crippen LogP contribution in [0.15, 0.2) is 12.4 Å². The molecule has 1 N–H and O–H groups in total. The highest BCUT2D eigenvalue weighted by molar-refractivity contribution is 5.93. The second-order valence-electron chi connectivity index (χ2n) is 6.69. The van der Waals surface area contributed by atoms with Crippen LogP contribution >= 0.6 is 0 Å². The van der Waals surface area contributed by atoms with Gasteiger partial charge in [-0.25, -0.2) is 9.97 Å². The zero-order valence-electron chi connectivity index (χ0n) is 14.4. The quantitative estimate of drug-likeness (QED) is 0.858. The first kappa shape index (κ1) is 17.1. The van der Waals surface area contributed by atoms with E-state index in [0.29, 0.717) is 37.2 Å². The standard InChI is InChI=1S/C17H27N5O2/c1-21-6-2-3-14(13-21)4-5-18-16(23)15-11-19-17(20-12-15)22-7-9-24-10-8-22/h11-12,14H,2-10,13H2,1H3,(H,18,23)/t14-/m1/s1. The van der Waals surface area contributed by atoms with E-state index in [9.17, 15) is 4.79 Å². The first-order chi connectivity index (χ1) is 11.7. The summed E-state index contributed by atoms with van der Waals surface area (Å²) in [4.78, 5) is 25.3. The molecule has 24 heavy (non-hydrogen) atoms. The lowest BCUT2D eigenvalue weighted by atomic mass is 9.95. The summed E-state index contributed by atoms with van der Waals surface area (Å²) in [6.45, 7) is 6.01. The number of anilines is 1. The molecule has 0 aliphatic carbocycles. The number of carbonyl (C=O) groups excluding carboxylic acids is 1. The SMILES string of the molecule is CN1CCC[C@H](CCNC(=O)c2cnc(N3CCOCC3)nc2)C1. The van der Waals surface area contributed by atoms with Gasteiger partial charge in [0, 0.05) is 38.6 Å². The molecule has 7 heteroatoms. The topological polar surface area (TPSA) is 70.6 Å². The number of morpholine rings is 1. The van der Waals surface area contributed by atoms with E-state index in [1.807, 2.05) is 0 Å². The lowest BCUT2D eigenvalue weighted by Crippen LogP contribution is -2.37. The van der Waals surface area contributed by atoms with Gasteiger partial charge in [0.25, 0.3) is 5.91 Å². The third kappa shape index (κ3) is 4.64. The van der Waals surface area contributed by atoms with E-state index in [1.165, 1.54) is 19.4 Å². The van der Waals surface area contributed by atoms with E-state index in [4.69, 9.17) is 4.74 Å². The molecular weight excluding hydrogens is 306 g/mol. The maximum absolute atomic E-state index is 12.2. The van der Waals surface area contributed by atoms with Gasteiger partial charge in [0.15, 0.2) is 0 Å². The van der Waals surface area contributed by atoms with Crippen molar-refractivity contribution in [2.75, 3.05) is 57.9 Å². The Labute approximate surface area is 143 Å². The van der Waals surface area contributed by atoms with Crippen molar-refractivity contribution in [3.8, 4) is 0 Å². The van der Waals surface area contributed by atoms with E-state index >= 15 is 0 Å². The summed E-state index contributed by atoms with van der Waals surface area (Å²) in [7, 11) is 2.16. The molecule has 3 rings (SSSR count). The maximum atomic E-state index is 12.2. The van der Waals surface area contributed by atoms with Crippen molar-refractivity contribution < 1.29 is 9.53 Å². The summed E-state index contributed by atoms with van der Waals surface area (Å²) in [6.07, 6.45) is 6.77. The fraction of sp³-hybridized carbons (Fsp3) is 0.706. The number of nitrogens with one attached hydrogen (secondary N) is 1. The van der Waals surface area contributed by atoms with Crippen LogP contribution in [0.25, 0.3) is 0 Å². The van der Waals surface area contributed by atoms with Crippen LogP contribution in [0.3, 0.4) is 0 Å². The van der Waals surface area contributed by atoms with Crippen molar-refractivity contribution >= 4 is 11.9 Å². The van der Waals surface area contributed by atoms with Crippen molar-refractivity contribution in [1.29, 1.82) is 0 Å². The van der Waals surface area contributed by atoms with Crippen LogP contribution < -0.4 is 10.2 Å². The Morgan fingerprint density at radius 3 is 2.75 bits per heavy atom. The summed E-state index contributed by atoms with van der Waals surface area (Å²) in [5, 5.41) is 2.99. The highest BCUT2D eigenvalue weighted by Crippen LogP contribution is 2.17. The molecular formula is C17H27N5O2. The van der Waals surface area contributed by atoms with Gasteiger partial charge in [-0.15, -0.1) is 0 Å². The first-order valence-corrected chi connectivity index (χ1v) is 8.84. The largest absolute Gasteiger partial charge is 0.378 e. The summed E-state index contributed by atoms with van der Waals surface area (Å²) >= 11 is 0. The van der Waals surface area contributed by atoms with E-state index in [1.54, 1.807) is 12.4 Å². The molecule has 7 nitrogen and oxygen atoms in total. The van der Waals surface area contributed by atoms with E-state index < -0.39 is 0 Å². The minimum absolute atomic E-state index is 0.0901. The van der Waals surface area contributed by atoms with Gasteiger partial charge in [-0.1, -0.05) is 0 Å². The van der Waals surface area contributed by atoms with Crippen LogP contribution in [-0.4, -0.2) is 73.8 Å². The van der Waals surface area contributed by atoms with Crippen LogP contribution in [0, 0.1) is 5.92 Å². The molecule has 2 saturated heterocycles. The van der Waals surface area contributed by atoms with Crippen LogP contribution in [0.2, 0.25) is 0 Å². The number of piperidine rings is 1. The monoisotopic (exact) mass is 333 g/mol. The number of likely N-dealkylation sites (tertiary alicyclic amines) is 1. The van der Waals surface area contributed by atoms with Gasteiger partial charge in [0.05, 0.1) is 18.8 Å². The maximum Gasteiger partial charge on any atom is 0.254 e. The Hall–Kier alpha value is -1.73. The Morgan fingerprint density at radius 1 is 1.29 bits per heavy atom. The average Bonchev–Trinajstić information content (AvgIpc) is 2.63. The molecule has 0 saturated carbocycles. The second kappa shape index (κ2) is 8.39. The molecule has 0 radical (unpaired) electrons. The Balaban J connectivity index is 1.44. The summed E-state index contributed by atoms with van der Waals surface area (Å²) in [5.74, 6) is 1.26. The van der Waals surface area contributed by atoms with Crippen molar-refractivity contribution in [2.45, 2.75) is 19.3 Å². The fourth-order valence-electron chi connectivity index (χ4n) is 3.37. The van der Waals surface area contributed by atoms with Crippen molar-refractivity contribution in [2.24, 2.45) is 5.92 Å². The van der Waals surface area contributed by atoms with Gasteiger partial charge in [-0.3, -0.25) is 4.79 Å². The average molecular weight is 333 g/mol. The molecule has 2 fully saturated rings. The normalized spacial score (nSPS) is 22.4. The second-order valence-corrected chi connectivity index (χ2v) is 6.69. The number of hydrogen-bond acceptors (Lipinski definition) is 6. The lowest BCUT2D eigenvalue weighted by molar-refractivity contribution is 0.0947. The highest BCUT2D eigenvalue weighted by Gasteiger charge is 2.18. The van der Waals surface area contributed by atoms with Crippen LogP contribution in [0.5, 0.6) is 0 Å². The minimum Gasteiger partial charge on any atom is -0.378 e. The van der Waals surface area contributed by atoms with Gasteiger partial charge in [-0.05, 0) is 38.8 Å². The number of nitrogens with zero attached hydrogens (tertiary/aromatic N) is 4. The van der Waals surface area contributed by atoms with Crippen LogP contribution in [0.4, 0.5) is 5.95 Å². The van der Waals surface area contributed by atoms with Crippen molar-refractivity contribution in [3.05, 3.63) is 18.0 Å². The molecule has 0 unspecified atom stereocenters. The third-order valence-corrected chi connectivity index (χ3v) is 4.75. The zero-order chi connectivity index (χ0) is 16.8. The van der Waals surface area contributed by atoms with Gasteiger partial charge >= 0.3 is 0 Å². The number of aromatic nitrogens is 2. The van der Waals surface area contributed by atoms with E-state index in [2.05, 4.69) is 32.1 Å². The van der Waals surface area contributed by atoms with Crippen LogP contribution in [-0.2, 0) is 4.74 Å². The van der Waals surface area contributed by atoms with Gasteiger partial charge in [-0.2, -0.15) is 0 Å². The summed E-state index contributed by atoms with van der Waals surface area (Å²) in [6, 6.07) is 0. The Morgan fingerprint density at radius 2 is 2.04 bits per heavy atom. The van der Waals surface area contributed by atoms with E-state index in [0.717, 1.165) is 26.1 Å². The third-order valence-electron chi connectivity index (χ3n) is 4.75. The highest BCUT2D eigenvalue weighted by atomic mass is 16.5. The molecule has 1 atom stereocenters. The van der Waals surface area contributed by atoms with E-state index in [-0.39, 0.29) is 5.91 Å². The first-order valence-electron chi connectivity index (χ1n) is 8.84. The minimum atomic E-state index is -0.0901. The molecule has 1 amide bonds. The van der Waals surface area contributed by atoms with Gasteiger partial charge in [0.1, 0.15) is 0 Å². The van der Waals surface area contributed by atoms with Gasteiger partial charge in [0.2, 0.25) is 5.95 Å². The molecule has 0 bridgehead atoms. The molecule has 1 aromatic heterocycles. The molecule has 3 heterocycles. The van der Waals surface area contributed by atoms with Gasteiger partial charge < -0.3 is 19.9 Å². The predicted octanol–water partition coefficient (Wildman–Crippen LogP) is 0.775. The number of amides is 1.